The lowest BCUT2D eigenvalue weighted by atomic mass is 10.2. The maximum atomic E-state index is 11.4. The molecule has 0 unspecified atom stereocenters. The first-order valence-electron chi connectivity index (χ1n) is 7.32. The van der Waals surface area contributed by atoms with Crippen LogP contribution in [0.15, 0.2) is 55.0 Å². The summed E-state index contributed by atoms with van der Waals surface area (Å²) in [6, 6.07) is 11.9. The first-order valence-corrected chi connectivity index (χ1v) is 7.32. The predicted molar refractivity (Wildman–Crippen MR) is 91.8 cm³/mol. The van der Waals surface area contributed by atoms with E-state index in [1.54, 1.807) is 42.6 Å². The highest BCUT2D eigenvalue weighted by atomic mass is 16.5. The molecule has 2 aromatic heterocycles. The molecular weight excluding hydrogens is 322 g/mol. The fraction of sp³-hybridized carbons (Fsp3) is 0.0588. The van der Waals surface area contributed by atoms with Gasteiger partial charge in [0.1, 0.15) is 23.6 Å². The van der Waals surface area contributed by atoms with Crippen molar-refractivity contribution >= 4 is 23.3 Å². The van der Waals surface area contributed by atoms with E-state index >= 15 is 0 Å². The van der Waals surface area contributed by atoms with Crippen molar-refractivity contribution in [3.63, 3.8) is 0 Å². The van der Waals surface area contributed by atoms with E-state index in [-0.39, 0.29) is 11.6 Å². The Morgan fingerprint density at radius 1 is 1.08 bits per heavy atom. The summed E-state index contributed by atoms with van der Waals surface area (Å²) < 4.78 is 10.3. The lowest BCUT2D eigenvalue weighted by molar-refractivity contribution is 0.0600. The van der Waals surface area contributed by atoms with Gasteiger partial charge in [-0.2, -0.15) is 4.98 Å². The topological polar surface area (TPSA) is 112 Å². The average Bonchev–Trinajstić information content (AvgIpc) is 2.66. The largest absolute Gasteiger partial charge is 0.465 e. The van der Waals surface area contributed by atoms with Crippen molar-refractivity contribution in [3.05, 3.63) is 60.6 Å². The smallest absolute Gasteiger partial charge is 0.337 e. The number of rotatable bonds is 5. The number of hydrogen-bond acceptors (Lipinski definition) is 8. The van der Waals surface area contributed by atoms with Gasteiger partial charge in [0.05, 0.1) is 12.7 Å². The van der Waals surface area contributed by atoms with Gasteiger partial charge in [-0.3, -0.25) is 0 Å². The molecule has 1 aromatic carbocycles. The van der Waals surface area contributed by atoms with Gasteiger partial charge in [-0.05, 0) is 36.4 Å². The Labute approximate surface area is 143 Å². The maximum Gasteiger partial charge on any atom is 0.337 e. The first kappa shape index (κ1) is 16.2. The van der Waals surface area contributed by atoms with Crippen molar-refractivity contribution in [3.8, 4) is 11.6 Å². The van der Waals surface area contributed by atoms with E-state index in [1.165, 1.54) is 13.4 Å². The molecule has 0 saturated heterocycles. The molecule has 2 heterocycles. The molecule has 0 aliphatic rings. The summed E-state index contributed by atoms with van der Waals surface area (Å²) in [5, 5.41) is 3.00. The van der Waals surface area contributed by atoms with E-state index in [9.17, 15) is 4.79 Å². The van der Waals surface area contributed by atoms with Crippen molar-refractivity contribution in [1.82, 2.24) is 15.0 Å². The second-order valence-corrected chi connectivity index (χ2v) is 4.90. The number of carbonyl (C=O) groups excluding carboxylic acids is 1. The van der Waals surface area contributed by atoms with E-state index < -0.39 is 5.97 Å². The van der Waals surface area contributed by atoms with Gasteiger partial charge in [-0.25, -0.2) is 14.8 Å². The summed E-state index contributed by atoms with van der Waals surface area (Å²) in [7, 11) is 1.32. The molecule has 126 valence electrons. The molecule has 0 aliphatic carbocycles. The number of aromatic nitrogens is 3. The molecule has 0 aliphatic heterocycles. The van der Waals surface area contributed by atoms with Crippen LogP contribution in [0.3, 0.4) is 0 Å². The highest BCUT2D eigenvalue weighted by molar-refractivity contribution is 5.89. The number of anilines is 3. The summed E-state index contributed by atoms with van der Waals surface area (Å²) in [6.45, 7) is 0. The molecule has 0 atom stereocenters. The van der Waals surface area contributed by atoms with Gasteiger partial charge in [0.25, 0.3) is 0 Å². The number of esters is 1. The van der Waals surface area contributed by atoms with Crippen LogP contribution in [0.2, 0.25) is 0 Å². The fourth-order valence-corrected chi connectivity index (χ4v) is 2.01. The zero-order valence-electron chi connectivity index (χ0n) is 13.3. The highest BCUT2D eigenvalue weighted by Crippen LogP contribution is 2.30. The number of carbonyl (C=O) groups is 1. The van der Waals surface area contributed by atoms with Gasteiger partial charge >= 0.3 is 5.97 Å². The van der Waals surface area contributed by atoms with Crippen LogP contribution in [-0.4, -0.2) is 28.0 Å². The number of nitrogen functional groups attached to an aromatic ring is 1. The Kier molecular flexibility index (Phi) is 4.70. The Morgan fingerprint density at radius 3 is 2.56 bits per heavy atom. The molecule has 3 rings (SSSR count). The van der Waals surface area contributed by atoms with Gasteiger partial charge in [0, 0.05) is 6.20 Å². The number of nitrogens with zero attached hydrogens (tertiary/aromatic N) is 3. The van der Waals surface area contributed by atoms with Crippen molar-refractivity contribution in [1.29, 1.82) is 0 Å². The normalized spacial score (nSPS) is 10.1. The van der Waals surface area contributed by atoms with Crippen LogP contribution in [0.1, 0.15) is 10.4 Å². The lowest BCUT2D eigenvalue weighted by Gasteiger charge is -2.11. The number of nitrogens with one attached hydrogen (secondary N) is 1. The molecule has 0 radical (unpaired) electrons. The maximum absolute atomic E-state index is 11.4. The second-order valence-electron chi connectivity index (χ2n) is 4.90. The molecule has 0 fully saturated rings. The van der Waals surface area contributed by atoms with Gasteiger partial charge in [-0.15, -0.1) is 0 Å². The summed E-state index contributed by atoms with van der Waals surface area (Å²) >= 11 is 0. The third-order valence-electron chi connectivity index (χ3n) is 3.25. The number of methoxy groups -OCH3 is 1. The van der Waals surface area contributed by atoms with Crippen LogP contribution < -0.4 is 15.8 Å². The van der Waals surface area contributed by atoms with Gasteiger partial charge < -0.3 is 20.5 Å². The van der Waals surface area contributed by atoms with Crippen LogP contribution in [0, 0.1) is 0 Å². The van der Waals surface area contributed by atoms with E-state index in [0.717, 1.165) is 0 Å². The van der Waals surface area contributed by atoms with Gasteiger partial charge in [0.2, 0.25) is 5.88 Å². The number of ether oxygens (including phenoxy) is 2. The fourth-order valence-electron chi connectivity index (χ4n) is 2.01. The van der Waals surface area contributed by atoms with Crippen molar-refractivity contribution < 1.29 is 14.3 Å². The van der Waals surface area contributed by atoms with E-state index in [2.05, 4.69) is 25.0 Å². The zero-order valence-corrected chi connectivity index (χ0v) is 13.3. The molecule has 3 aromatic rings. The molecule has 0 bridgehead atoms. The Morgan fingerprint density at radius 2 is 1.88 bits per heavy atom. The summed E-state index contributed by atoms with van der Waals surface area (Å²) in [5.41, 5.74) is 6.72. The number of hydrogen-bond donors (Lipinski definition) is 2. The van der Waals surface area contributed by atoms with E-state index in [4.69, 9.17) is 10.5 Å². The predicted octanol–water partition coefficient (Wildman–Crippen LogP) is 2.78. The SMILES string of the molecule is COC(=O)c1ccc(Oc2ncnc(Nc3ccccn3)c2N)cc1. The minimum absolute atomic E-state index is 0.194. The molecule has 8 heteroatoms. The monoisotopic (exact) mass is 337 g/mol. The lowest BCUT2D eigenvalue weighted by Crippen LogP contribution is -2.04. The van der Waals surface area contributed by atoms with Gasteiger partial charge in [0.15, 0.2) is 5.82 Å². The minimum atomic E-state index is -0.421. The number of benzene rings is 1. The number of nitrogens with two attached hydrogens (primary N) is 1. The molecular formula is C17H15N5O3. The molecule has 0 saturated carbocycles. The van der Waals surface area contributed by atoms with E-state index in [0.29, 0.717) is 22.9 Å². The highest BCUT2D eigenvalue weighted by Gasteiger charge is 2.12. The van der Waals surface area contributed by atoms with Crippen LogP contribution in [0.25, 0.3) is 0 Å². The average molecular weight is 337 g/mol. The molecule has 0 amide bonds. The van der Waals surface area contributed by atoms with Crippen molar-refractivity contribution in [2.24, 2.45) is 0 Å². The first-order chi connectivity index (χ1) is 12.2. The third kappa shape index (κ3) is 3.81. The van der Waals surface area contributed by atoms with Crippen LogP contribution in [-0.2, 0) is 4.74 Å². The Hall–Kier alpha value is -3.68. The molecule has 3 N–H and O–H groups in total. The Bertz CT molecular complexity index is 869. The molecule has 0 spiro atoms. The van der Waals surface area contributed by atoms with Crippen LogP contribution in [0.4, 0.5) is 17.3 Å². The third-order valence-corrected chi connectivity index (χ3v) is 3.25. The molecule has 25 heavy (non-hydrogen) atoms. The quantitative estimate of drug-likeness (QED) is 0.683. The van der Waals surface area contributed by atoms with E-state index in [1.807, 2.05) is 6.07 Å². The summed E-state index contributed by atoms with van der Waals surface area (Å²) in [4.78, 5) is 23.7. The van der Waals surface area contributed by atoms with Crippen molar-refractivity contribution in [2.75, 3.05) is 18.2 Å². The van der Waals surface area contributed by atoms with Crippen LogP contribution >= 0.6 is 0 Å². The second kappa shape index (κ2) is 7.26. The van der Waals surface area contributed by atoms with Crippen LogP contribution in [0.5, 0.6) is 11.6 Å². The summed E-state index contributed by atoms with van der Waals surface area (Å²) in [5.74, 6) is 1.23. The Balaban J connectivity index is 1.79. The minimum Gasteiger partial charge on any atom is -0.465 e. The van der Waals surface area contributed by atoms with Gasteiger partial charge in [-0.1, -0.05) is 6.07 Å². The summed E-state index contributed by atoms with van der Waals surface area (Å²) in [6.07, 6.45) is 2.99. The van der Waals surface area contributed by atoms with Crippen molar-refractivity contribution in [2.45, 2.75) is 0 Å². The molecule has 8 nitrogen and oxygen atoms in total. The standard InChI is InChI=1S/C17H15N5O3/c1-24-17(23)11-5-7-12(8-6-11)25-16-14(18)15(20-10-21-16)22-13-4-2-3-9-19-13/h2-10H,18H2,1H3,(H,19,20,21,22). The number of pyridine rings is 1. The zero-order chi connectivity index (χ0) is 17.6.